The molecule has 1 aromatic rings. The molecule has 0 aromatic heterocycles. The van der Waals surface area contributed by atoms with Gasteiger partial charge in [-0.05, 0) is 18.1 Å². The molecule has 0 bridgehead atoms. The van der Waals surface area contributed by atoms with Crippen LogP contribution in [0, 0.1) is 6.92 Å². The Balaban J connectivity index is 2.17. The van der Waals surface area contributed by atoms with E-state index in [-0.39, 0.29) is 0 Å². The summed E-state index contributed by atoms with van der Waals surface area (Å²) in [7, 11) is 0. The summed E-state index contributed by atoms with van der Waals surface area (Å²) in [6, 6.07) is 6.00. The van der Waals surface area contributed by atoms with E-state index in [1.54, 1.807) is 6.08 Å². The van der Waals surface area contributed by atoms with Crippen molar-refractivity contribution in [1.29, 1.82) is 0 Å². The first kappa shape index (κ1) is 10.3. The van der Waals surface area contributed by atoms with Crippen molar-refractivity contribution in [2.45, 2.75) is 26.1 Å². The average Bonchev–Trinajstić information content (AvgIpc) is 2.17. The van der Waals surface area contributed by atoms with Gasteiger partial charge in [0.2, 0.25) is 0 Å². The minimum atomic E-state index is -2.70. The van der Waals surface area contributed by atoms with Crippen LogP contribution in [0.4, 0.5) is 8.78 Å². The molecule has 0 amide bonds. The van der Waals surface area contributed by atoms with Crippen molar-refractivity contribution in [3.05, 3.63) is 41.0 Å². The molecule has 0 heterocycles. The summed E-state index contributed by atoms with van der Waals surface area (Å²) in [5, 5.41) is 0. The molecule has 1 aliphatic rings. The van der Waals surface area contributed by atoms with Gasteiger partial charge in [-0.3, -0.25) is 0 Å². The van der Waals surface area contributed by atoms with Gasteiger partial charge in [0.25, 0.3) is 0 Å². The van der Waals surface area contributed by atoms with Crippen molar-refractivity contribution >= 4 is 6.08 Å². The van der Waals surface area contributed by atoms with Crippen LogP contribution in [0.5, 0.6) is 0 Å². The third kappa shape index (κ3) is 2.42. The molecule has 0 N–H and O–H groups in total. The van der Waals surface area contributed by atoms with Gasteiger partial charge < -0.3 is 4.74 Å². The summed E-state index contributed by atoms with van der Waals surface area (Å²) in [6.07, 6.45) is 3.56. The van der Waals surface area contributed by atoms with E-state index in [9.17, 15) is 8.78 Å². The summed E-state index contributed by atoms with van der Waals surface area (Å²) < 4.78 is 28.5. The molecule has 1 atom stereocenters. The van der Waals surface area contributed by atoms with E-state index in [4.69, 9.17) is 0 Å². The molecule has 0 saturated carbocycles. The van der Waals surface area contributed by atoms with Crippen molar-refractivity contribution in [1.82, 2.24) is 0 Å². The zero-order valence-corrected chi connectivity index (χ0v) is 8.41. The van der Waals surface area contributed by atoms with E-state index >= 15 is 0 Å². The van der Waals surface area contributed by atoms with Gasteiger partial charge in [-0.2, -0.15) is 8.78 Å². The van der Waals surface area contributed by atoms with Gasteiger partial charge in [-0.25, -0.2) is 0 Å². The molecule has 0 fully saturated rings. The number of hydrogen-bond acceptors (Lipinski definition) is 1. The minimum Gasteiger partial charge on any atom is -0.315 e. The lowest BCUT2D eigenvalue weighted by atomic mass is 9.94. The van der Waals surface area contributed by atoms with Gasteiger partial charge in [0.05, 0.1) is 6.10 Å². The first-order valence-electron chi connectivity index (χ1n) is 4.86. The second kappa shape index (κ2) is 4.11. The Morgan fingerprint density at radius 2 is 2.20 bits per heavy atom. The van der Waals surface area contributed by atoms with E-state index in [0.29, 0.717) is 6.42 Å². The van der Waals surface area contributed by atoms with Crippen molar-refractivity contribution in [2.75, 3.05) is 0 Å². The fourth-order valence-corrected chi connectivity index (χ4v) is 1.78. The number of rotatable bonds is 2. The SMILES string of the molecule is Cc1ccc2c(c1)C=CC(OC(F)F)C2. The van der Waals surface area contributed by atoms with Gasteiger partial charge in [0.1, 0.15) is 0 Å². The van der Waals surface area contributed by atoms with Gasteiger partial charge in [0.15, 0.2) is 0 Å². The molecule has 0 saturated heterocycles. The third-order valence-corrected chi connectivity index (χ3v) is 2.49. The highest BCUT2D eigenvalue weighted by Crippen LogP contribution is 2.22. The van der Waals surface area contributed by atoms with Gasteiger partial charge in [-0.1, -0.05) is 35.9 Å². The fraction of sp³-hybridized carbons (Fsp3) is 0.333. The minimum absolute atomic E-state index is 0.500. The molecule has 3 heteroatoms. The fourth-order valence-electron chi connectivity index (χ4n) is 1.78. The standard InChI is InChI=1S/C12H12F2O/c1-8-2-3-10-7-11(15-12(13)14)5-4-9(10)6-8/h2-6,11-12H,7H2,1H3. The van der Waals surface area contributed by atoms with Crippen molar-refractivity contribution < 1.29 is 13.5 Å². The number of alkyl halides is 2. The molecule has 0 aliphatic heterocycles. The third-order valence-electron chi connectivity index (χ3n) is 2.49. The number of aryl methyl sites for hydroxylation is 1. The Hall–Kier alpha value is -1.22. The van der Waals surface area contributed by atoms with Crippen LogP contribution in [-0.2, 0) is 11.2 Å². The number of ether oxygens (including phenoxy) is 1. The second-order valence-electron chi connectivity index (χ2n) is 3.70. The molecule has 15 heavy (non-hydrogen) atoms. The van der Waals surface area contributed by atoms with Crippen molar-refractivity contribution in [3.63, 3.8) is 0 Å². The Morgan fingerprint density at radius 1 is 1.40 bits per heavy atom. The average molecular weight is 210 g/mol. The van der Waals surface area contributed by atoms with E-state index < -0.39 is 12.7 Å². The molecular weight excluding hydrogens is 198 g/mol. The summed E-state index contributed by atoms with van der Waals surface area (Å²) in [5.41, 5.74) is 3.34. The summed E-state index contributed by atoms with van der Waals surface area (Å²) in [6.45, 7) is -0.692. The molecule has 0 spiro atoms. The van der Waals surface area contributed by atoms with Gasteiger partial charge in [-0.15, -0.1) is 0 Å². The summed E-state index contributed by atoms with van der Waals surface area (Å²) in [4.78, 5) is 0. The lowest BCUT2D eigenvalue weighted by molar-refractivity contribution is -0.149. The van der Waals surface area contributed by atoms with Crippen LogP contribution < -0.4 is 0 Å². The Labute approximate surface area is 87.4 Å². The number of fused-ring (bicyclic) bond motifs is 1. The molecule has 2 rings (SSSR count). The van der Waals surface area contributed by atoms with Crippen molar-refractivity contribution in [3.8, 4) is 0 Å². The number of hydrogen-bond donors (Lipinski definition) is 0. The molecule has 1 aliphatic carbocycles. The van der Waals surface area contributed by atoms with Crippen LogP contribution in [-0.4, -0.2) is 12.7 Å². The predicted octanol–water partition coefficient (Wildman–Crippen LogP) is 3.17. The van der Waals surface area contributed by atoms with Crippen LogP contribution >= 0.6 is 0 Å². The number of benzene rings is 1. The van der Waals surface area contributed by atoms with E-state index in [0.717, 1.165) is 11.1 Å². The first-order valence-corrected chi connectivity index (χ1v) is 4.86. The van der Waals surface area contributed by atoms with Gasteiger partial charge >= 0.3 is 6.61 Å². The quantitative estimate of drug-likeness (QED) is 0.728. The smallest absolute Gasteiger partial charge is 0.315 e. The van der Waals surface area contributed by atoms with E-state index in [1.807, 2.05) is 31.2 Å². The Bertz CT molecular complexity index is 385. The van der Waals surface area contributed by atoms with Crippen LogP contribution in [0.15, 0.2) is 24.3 Å². The Morgan fingerprint density at radius 3 is 2.93 bits per heavy atom. The van der Waals surface area contributed by atoms with Gasteiger partial charge in [0, 0.05) is 6.42 Å². The van der Waals surface area contributed by atoms with Crippen LogP contribution in [0.1, 0.15) is 16.7 Å². The maximum Gasteiger partial charge on any atom is 0.345 e. The number of halogens is 2. The molecular formula is C12H12F2O. The molecule has 1 nitrogen and oxygen atoms in total. The van der Waals surface area contributed by atoms with Crippen molar-refractivity contribution in [2.24, 2.45) is 0 Å². The zero-order chi connectivity index (χ0) is 10.8. The molecule has 1 aromatic carbocycles. The monoisotopic (exact) mass is 210 g/mol. The maximum atomic E-state index is 12.0. The molecule has 1 unspecified atom stereocenters. The summed E-state index contributed by atoms with van der Waals surface area (Å²) in [5.74, 6) is 0. The maximum absolute atomic E-state index is 12.0. The highest BCUT2D eigenvalue weighted by Gasteiger charge is 2.17. The highest BCUT2D eigenvalue weighted by atomic mass is 19.3. The lowest BCUT2D eigenvalue weighted by Crippen LogP contribution is -2.19. The summed E-state index contributed by atoms with van der Waals surface area (Å²) >= 11 is 0. The zero-order valence-electron chi connectivity index (χ0n) is 8.41. The normalized spacial score (nSPS) is 19.3. The van der Waals surface area contributed by atoms with Crippen LogP contribution in [0.25, 0.3) is 6.08 Å². The van der Waals surface area contributed by atoms with Crippen LogP contribution in [0.3, 0.4) is 0 Å². The predicted molar refractivity (Wildman–Crippen MR) is 54.8 cm³/mol. The Kier molecular flexibility index (Phi) is 2.82. The first-order chi connectivity index (χ1) is 7.15. The highest BCUT2D eigenvalue weighted by molar-refractivity contribution is 5.58. The van der Waals surface area contributed by atoms with E-state index in [1.165, 1.54) is 5.56 Å². The topological polar surface area (TPSA) is 9.23 Å². The largest absolute Gasteiger partial charge is 0.345 e. The van der Waals surface area contributed by atoms with Crippen LogP contribution in [0.2, 0.25) is 0 Å². The molecule has 80 valence electrons. The van der Waals surface area contributed by atoms with E-state index in [2.05, 4.69) is 4.74 Å². The lowest BCUT2D eigenvalue weighted by Gasteiger charge is -2.19. The molecule has 0 radical (unpaired) electrons. The second-order valence-corrected chi connectivity index (χ2v) is 3.70.